The lowest BCUT2D eigenvalue weighted by molar-refractivity contribution is 0.112. The fourth-order valence-electron chi connectivity index (χ4n) is 1.16. The Kier molecular flexibility index (Phi) is 2.53. The van der Waals surface area contributed by atoms with Gasteiger partial charge in [-0.15, -0.1) is 11.3 Å². The number of benzene rings is 1. The molecule has 2 rings (SSSR count). The molecule has 66 valence electrons. The smallest absolute Gasteiger partial charge is 0.161 e. The number of halogens is 2. The topological polar surface area (TPSA) is 17.1 Å². The van der Waals surface area contributed by atoms with E-state index in [2.05, 4.69) is 31.9 Å². The van der Waals surface area contributed by atoms with Gasteiger partial charge in [0.05, 0.1) is 4.88 Å². The number of carbonyl (C=O) groups excluding carboxylic acids is 1. The molecule has 0 aliphatic heterocycles. The lowest BCUT2D eigenvalue weighted by Crippen LogP contribution is -1.71. The highest BCUT2D eigenvalue weighted by molar-refractivity contribution is 9.11. The fourth-order valence-corrected chi connectivity index (χ4v) is 3.96. The van der Waals surface area contributed by atoms with Gasteiger partial charge in [0.2, 0.25) is 0 Å². The zero-order chi connectivity index (χ0) is 9.42. The average molecular weight is 320 g/mol. The summed E-state index contributed by atoms with van der Waals surface area (Å²) in [5.74, 6) is 0. The highest BCUT2D eigenvalue weighted by Gasteiger charge is 2.10. The van der Waals surface area contributed by atoms with E-state index in [9.17, 15) is 4.79 Å². The molecule has 2 aromatic rings. The number of thiophene rings is 1. The maximum Gasteiger partial charge on any atom is 0.161 e. The van der Waals surface area contributed by atoms with Gasteiger partial charge in [0.15, 0.2) is 6.29 Å². The predicted molar refractivity (Wildman–Crippen MR) is 62.6 cm³/mol. The van der Waals surface area contributed by atoms with Gasteiger partial charge in [0, 0.05) is 19.0 Å². The minimum atomic E-state index is 0.738. The second-order valence-corrected chi connectivity index (χ2v) is 5.24. The van der Waals surface area contributed by atoms with Gasteiger partial charge in [0.25, 0.3) is 0 Å². The van der Waals surface area contributed by atoms with Crippen LogP contribution in [0.1, 0.15) is 9.67 Å². The molecular weight excluding hydrogens is 316 g/mol. The van der Waals surface area contributed by atoms with Gasteiger partial charge >= 0.3 is 0 Å². The van der Waals surface area contributed by atoms with Gasteiger partial charge in [-0.1, -0.05) is 22.0 Å². The molecule has 0 N–H and O–H groups in total. The second-order valence-electron chi connectivity index (χ2n) is 2.51. The Labute approximate surface area is 96.0 Å². The zero-order valence-electron chi connectivity index (χ0n) is 6.38. The molecule has 0 spiro atoms. The summed E-state index contributed by atoms with van der Waals surface area (Å²) in [6.45, 7) is 0. The van der Waals surface area contributed by atoms with Crippen LogP contribution in [0.25, 0.3) is 10.1 Å². The molecule has 1 heterocycles. The summed E-state index contributed by atoms with van der Waals surface area (Å²) in [5.41, 5.74) is 0. The van der Waals surface area contributed by atoms with Gasteiger partial charge in [-0.3, -0.25) is 4.79 Å². The predicted octanol–water partition coefficient (Wildman–Crippen LogP) is 4.24. The standard InChI is InChI=1S/C9H4Br2OS/c10-5-2-1-3-6-8(5)9(11)7(4-12)13-6/h1-4H. The minimum absolute atomic E-state index is 0.738. The van der Waals surface area contributed by atoms with Crippen LogP contribution in [-0.2, 0) is 0 Å². The van der Waals surface area contributed by atoms with Crippen molar-refractivity contribution in [1.82, 2.24) is 0 Å². The monoisotopic (exact) mass is 318 g/mol. The molecule has 0 atom stereocenters. The van der Waals surface area contributed by atoms with Crippen molar-refractivity contribution in [1.29, 1.82) is 0 Å². The fraction of sp³-hybridized carbons (Fsp3) is 0. The maximum atomic E-state index is 10.7. The Bertz CT molecular complexity index is 476. The van der Waals surface area contributed by atoms with Gasteiger partial charge in [-0.2, -0.15) is 0 Å². The molecule has 0 bridgehead atoms. The van der Waals surface area contributed by atoms with E-state index in [4.69, 9.17) is 0 Å². The summed E-state index contributed by atoms with van der Waals surface area (Å²) in [6.07, 6.45) is 0.876. The molecule has 1 nitrogen and oxygen atoms in total. The van der Waals surface area contributed by atoms with Crippen molar-refractivity contribution in [3.8, 4) is 0 Å². The van der Waals surface area contributed by atoms with E-state index in [0.717, 1.165) is 30.2 Å². The van der Waals surface area contributed by atoms with E-state index >= 15 is 0 Å². The van der Waals surface area contributed by atoms with Crippen LogP contribution in [0.5, 0.6) is 0 Å². The Hall–Kier alpha value is -0.190. The normalized spacial score (nSPS) is 10.6. The first-order chi connectivity index (χ1) is 6.24. The molecule has 1 aromatic heterocycles. The van der Waals surface area contributed by atoms with Crippen molar-refractivity contribution in [3.63, 3.8) is 0 Å². The van der Waals surface area contributed by atoms with Crippen molar-refractivity contribution in [2.75, 3.05) is 0 Å². The molecule has 0 saturated carbocycles. The van der Waals surface area contributed by atoms with Crippen LogP contribution in [0.3, 0.4) is 0 Å². The molecule has 1 aromatic carbocycles. The van der Waals surface area contributed by atoms with Crippen molar-refractivity contribution in [2.24, 2.45) is 0 Å². The first-order valence-electron chi connectivity index (χ1n) is 3.55. The lowest BCUT2D eigenvalue weighted by Gasteiger charge is -1.93. The Balaban J connectivity index is 2.92. The summed E-state index contributed by atoms with van der Waals surface area (Å²) in [6, 6.07) is 5.93. The lowest BCUT2D eigenvalue weighted by atomic mass is 10.2. The third-order valence-corrected chi connectivity index (χ3v) is 4.57. The van der Waals surface area contributed by atoms with Crippen LogP contribution in [0.4, 0.5) is 0 Å². The summed E-state index contributed by atoms with van der Waals surface area (Å²) >= 11 is 8.36. The molecule has 13 heavy (non-hydrogen) atoms. The SMILES string of the molecule is O=Cc1sc2cccc(Br)c2c1Br. The summed E-state index contributed by atoms with van der Waals surface area (Å²) in [4.78, 5) is 11.4. The molecular formula is C9H4Br2OS. The van der Waals surface area contributed by atoms with Crippen LogP contribution >= 0.6 is 43.2 Å². The summed E-state index contributed by atoms with van der Waals surface area (Å²) in [7, 11) is 0. The van der Waals surface area contributed by atoms with Crippen LogP contribution < -0.4 is 0 Å². The summed E-state index contributed by atoms with van der Waals surface area (Å²) in [5, 5.41) is 1.08. The number of aldehydes is 1. The second kappa shape index (κ2) is 3.52. The average Bonchev–Trinajstić information content (AvgIpc) is 2.44. The molecule has 0 unspecified atom stereocenters. The maximum absolute atomic E-state index is 10.7. The van der Waals surface area contributed by atoms with E-state index in [0.29, 0.717) is 0 Å². The Morgan fingerprint density at radius 1 is 1.31 bits per heavy atom. The molecule has 0 amide bonds. The number of rotatable bonds is 1. The van der Waals surface area contributed by atoms with Gasteiger partial charge in [0.1, 0.15) is 0 Å². The zero-order valence-corrected chi connectivity index (χ0v) is 10.4. The highest BCUT2D eigenvalue weighted by Crippen LogP contribution is 2.38. The van der Waals surface area contributed by atoms with Crippen LogP contribution in [0.2, 0.25) is 0 Å². The molecule has 4 heteroatoms. The number of hydrogen-bond acceptors (Lipinski definition) is 2. The van der Waals surface area contributed by atoms with Crippen molar-refractivity contribution in [3.05, 3.63) is 32.0 Å². The van der Waals surface area contributed by atoms with Crippen molar-refractivity contribution >= 4 is 59.6 Å². The van der Waals surface area contributed by atoms with E-state index in [1.54, 1.807) is 0 Å². The number of carbonyl (C=O) groups is 1. The molecule has 0 fully saturated rings. The van der Waals surface area contributed by atoms with Crippen molar-refractivity contribution < 1.29 is 4.79 Å². The number of hydrogen-bond donors (Lipinski definition) is 0. The molecule has 0 saturated heterocycles. The van der Waals surface area contributed by atoms with Crippen LogP contribution in [0, 0.1) is 0 Å². The largest absolute Gasteiger partial charge is 0.297 e. The number of fused-ring (bicyclic) bond motifs is 1. The highest BCUT2D eigenvalue weighted by atomic mass is 79.9. The van der Waals surface area contributed by atoms with E-state index in [1.807, 2.05) is 18.2 Å². The molecule has 0 aliphatic carbocycles. The molecule has 0 aliphatic rings. The van der Waals surface area contributed by atoms with Gasteiger partial charge in [-0.05, 0) is 28.1 Å². The third kappa shape index (κ3) is 1.47. The first-order valence-corrected chi connectivity index (χ1v) is 5.96. The van der Waals surface area contributed by atoms with Gasteiger partial charge in [-0.25, -0.2) is 0 Å². The van der Waals surface area contributed by atoms with E-state index in [-0.39, 0.29) is 0 Å². The Morgan fingerprint density at radius 2 is 2.08 bits per heavy atom. The first kappa shape index (κ1) is 9.37. The Morgan fingerprint density at radius 3 is 2.69 bits per heavy atom. The molecule has 0 radical (unpaired) electrons. The van der Waals surface area contributed by atoms with E-state index < -0.39 is 0 Å². The minimum Gasteiger partial charge on any atom is -0.297 e. The van der Waals surface area contributed by atoms with Crippen LogP contribution in [-0.4, -0.2) is 6.29 Å². The third-order valence-electron chi connectivity index (χ3n) is 1.74. The van der Waals surface area contributed by atoms with Gasteiger partial charge < -0.3 is 0 Å². The van der Waals surface area contributed by atoms with Crippen molar-refractivity contribution in [2.45, 2.75) is 0 Å². The quantitative estimate of drug-likeness (QED) is 0.719. The van der Waals surface area contributed by atoms with Crippen LogP contribution in [0.15, 0.2) is 27.1 Å². The summed E-state index contributed by atoms with van der Waals surface area (Å²) < 4.78 is 3.01. The van der Waals surface area contributed by atoms with E-state index in [1.165, 1.54) is 11.3 Å².